The molecule has 0 amide bonds. The Morgan fingerprint density at radius 1 is 1.22 bits per heavy atom. The molecular formula is C34H37ClFN7O3. The van der Waals surface area contributed by atoms with Crippen LogP contribution in [0.25, 0.3) is 33.1 Å². The molecule has 0 unspecified atom stereocenters. The molecule has 0 bridgehead atoms. The maximum atomic E-state index is 17.3. The zero-order valence-electron chi connectivity index (χ0n) is 26.1. The maximum absolute atomic E-state index is 17.3. The Hall–Kier alpha value is -3.54. The van der Waals surface area contributed by atoms with Crippen molar-refractivity contribution >= 4 is 39.2 Å². The van der Waals surface area contributed by atoms with Crippen molar-refractivity contribution in [2.75, 3.05) is 51.0 Å². The van der Waals surface area contributed by atoms with Crippen LogP contribution in [-0.4, -0.2) is 87.7 Å². The van der Waals surface area contributed by atoms with E-state index in [1.165, 1.54) is 5.57 Å². The summed E-state index contributed by atoms with van der Waals surface area (Å²) in [5.74, 6) is 1.37. The standard InChI is InChI=1S/C34H37ClFN7O3/c1-17-11-34(19(3)5-7-42(34)13-17)16-46-33-39-30-27-31(40-33)43-6-4-8-44-14-20(43)15-45-32(27)38-29(28(30)36)26-22-12-37-41-24(22)10-23(35)25(26)21-9-18(21)2/h10,12,18-21H,1,4-9,11,13-16H2,2-3H3,(H,37,41)/t18-,19-,20+,21-,34+/m1/s1. The van der Waals surface area contributed by atoms with E-state index in [2.05, 4.69) is 40.4 Å². The smallest absolute Gasteiger partial charge is 0.319 e. The van der Waals surface area contributed by atoms with Gasteiger partial charge >= 0.3 is 6.01 Å². The van der Waals surface area contributed by atoms with Crippen molar-refractivity contribution in [1.82, 2.24) is 30.0 Å². The molecular weight excluding hydrogens is 609 g/mol. The highest BCUT2D eigenvalue weighted by Crippen LogP contribution is 2.55. The summed E-state index contributed by atoms with van der Waals surface area (Å²) in [6.45, 7) is 13.2. The number of hydrogen-bond acceptors (Lipinski definition) is 9. The highest BCUT2D eigenvalue weighted by molar-refractivity contribution is 6.33. The van der Waals surface area contributed by atoms with Gasteiger partial charge in [0.05, 0.1) is 29.9 Å². The Bertz CT molecular complexity index is 1920. The summed E-state index contributed by atoms with van der Waals surface area (Å²) in [4.78, 5) is 19.3. The normalized spacial score (nSPS) is 29.0. The highest BCUT2D eigenvalue weighted by atomic mass is 35.5. The number of rotatable bonds is 5. The van der Waals surface area contributed by atoms with Crippen molar-refractivity contribution in [1.29, 1.82) is 0 Å². The average Bonchev–Trinajstić information content (AvgIpc) is 3.42. The van der Waals surface area contributed by atoms with E-state index in [1.807, 2.05) is 6.07 Å². The van der Waals surface area contributed by atoms with E-state index in [9.17, 15) is 0 Å². The first-order chi connectivity index (χ1) is 22.3. The zero-order valence-corrected chi connectivity index (χ0v) is 26.9. The van der Waals surface area contributed by atoms with Gasteiger partial charge in [0.2, 0.25) is 5.88 Å². The van der Waals surface area contributed by atoms with Gasteiger partial charge < -0.3 is 19.1 Å². The number of halogens is 2. The second kappa shape index (κ2) is 10.5. The largest absolute Gasteiger partial charge is 0.475 e. The molecule has 5 aliphatic rings. The first-order valence-corrected chi connectivity index (χ1v) is 16.8. The van der Waals surface area contributed by atoms with E-state index in [1.54, 1.807) is 6.20 Å². The lowest BCUT2D eigenvalue weighted by molar-refractivity contribution is 0.0801. The Morgan fingerprint density at radius 3 is 2.93 bits per heavy atom. The molecule has 46 heavy (non-hydrogen) atoms. The molecule has 3 aromatic heterocycles. The molecule has 10 nitrogen and oxygen atoms in total. The lowest BCUT2D eigenvalue weighted by atomic mass is 9.84. The summed E-state index contributed by atoms with van der Waals surface area (Å²) in [5, 5.41) is 9.06. The van der Waals surface area contributed by atoms with Gasteiger partial charge in [-0.25, -0.2) is 9.37 Å². The number of pyridine rings is 1. The van der Waals surface area contributed by atoms with E-state index in [0.29, 0.717) is 72.5 Å². The molecule has 4 fully saturated rings. The van der Waals surface area contributed by atoms with Crippen LogP contribution in [-0.2, 0) is 4.74 Å². The van der Waals surface area contributed by atoms with Crippen LogP contribution in [0.3, 0.4) is 0 Å². The van der Waals surface area contributed by atoms with Crippen LogP contribution in [0.5, 0.6) is 11.9 Å². The fourth-order valence-corrected chi connectivity index (χ4v) is 8.73. The van der Waals surface area contributed by atoms with Crippen molar-refractivity contribution < 1.29 is 18.6 Å². The Labute approximate surface area is 271 Å². The second-order valence-corrected chi connectivity index (χ2v) is 14.4. The number of fused-ring (bicyclic) bond motifs is 4. The molecule has 1 N–H and O–H groups in total. The topological polar surface area (TPSA) is 102 Å². The number of nitrogens with zero attached hydrogens (tertiary/aromatic N) is 6. The minimum atomic E-state index is -0.553. The lowest BCUT2D eigenvalue weighted by Gasteiger charge is -2.35. The molecule has 0 radical (unpaired) electrons. The molecule has 4 aliphatic heterocycles. The highest BCUT2D eigenvalue weighted by Gasteiger charge is 2.51. The summed E-state index contributed by atoms with van der Waals surface area (Å²) in [7, 11) is 0. The molecule has 240 valence electrons. The summed E-state index contributed by atoms with van der Waals surface area (Å²) < 4.78 is 36.1. The third-order valence-electron chi connectivity index (χ3n) is 11.1. The average molecular weight is 646 g/mol. The Kier molecular flexibility index (Phi) is 6.53. The van der Waals surface area contributed by atoms with Gasteiger partial charge in [0.25, 0.3) is 0 Å². The van der Waals surface area contributed by atoms with Crippen LogP contribution in [0.15, 0.2) is 24.4 Å². The molecule has 5 atom stereocenters. The van der Waals surface area contributed by atoms with E-state index < -0.39 is 5.82 Å². The first kappa shape index (κ1) is 28.7. The van der Waals surface area contributed by atoms with Crippen LogP contribution in [0, 0.1) is 17.7 Å². The molecule has 1 aliphatic carbocycles. The molecule has 12 heteroatoms. The number of ether oxygens (including phenoxy) is 3. The van der Waals surface area contributed by atoms with Crippen molar-refractivity contribution in [2.24, 2.45) is 11.8 Å². The second-order valence-electron chi connectivity index (χ2n) is 13.9. The van der Waals surface area contributed by atoms with E-state index >= 15 is 4.39 Å². The van der Waals surface area contributed by atoms with Crippen LogP contribution >= 0.6 is 11.6 Å². The summed E-state index contributed by atoms with van der Waals surface area (Å²) >= 11 is 6.91. The molecule has 0 spiro atoms. The summed E-state index contributed by atoms with van der Waals surface area (Å²) in [5.41, 5.74) is 3.56. The Morgan fingerprint density at radius 2 is 2.09 bits per heavy atom. The molecule has 9 rings (SSSR count). The Balaban J connectivity index is 1.24. The van der Waals surface area contributed by atoms with Gasteiger partial charge in [-0.15, -0.1) is 0 Å². The lowest BCUT2D eigenvalue weighted by Crippen LogP contribution is -2.47. The molecule has 1 aromatic carbocycles. The summed E-state index contributed by atoms with van der Waals surface area (Å²) in [6, 6.07) is 1.90. The monoisotopic (exact) mass is 645 g/mol. The third kappa shape index (κ3) is 4.27. The SMILES string of the molecule is C=C1CN2CC[C@@H](C)[C@@]2(COc2nc3c4c(nc(-c5c([C@@H]6C[C@H]6C)c(Cl)cc6[nH]ncc56)c(F)c4n2)OC[C@@H]2COCCCN32)C1. The van der Waals surface area contributed by atoms with Gasteiger partial charge in [-0.1, -0.05) is 37.6 Å². The first-order valence-electron chi connectivity index (χ1n) is 16.4. The van der Waals surface area contributed by atoms with Crippen LogP contribution in [0.1, 0.15) is 51.0 Å². The van der Waals surface area contributed by atoms with Crippen LogP contribution < -0.4 is 14.4 Å². The minimum absolute atomic E-state index is 0.120. The number of H-pyrrole nitrogens is 1. The van der Waals surface area contributed by atoms with Crippen LogP contribution in [0.2, 0.25) is 5.02 Å². The van der Waals surface area contributed by atoms with Crippen LogP contribution in [0.4, 0.5) is 10.2 Å². The van der Waals surface area contributed by atoms with Crippen molar-refractivity contribution in [2.45, 2.75) is 57.0 Å². The van der Waals surface area contributed by atoms with Crippen molar-refractivity contribution in [3.8, 4) is 23.1 Å². The predicted octanol–water partition coefficient (Wildman–Crippen LogP) is 5.89. The quantitative estimate of drug-likeness (QED) is 0.266. The van der Waals surface area contributed by atoms with E-state index in [0.717, 1.165) is 55.2 Å². The van der Waals surface area contributed by atoms with E-state index in [-0.39, 0.29) is 34.7 Å². The number of aromatic amines is 1. The fraction of sp³-hybridized carbons (Fsp3) is 0.529. The van der Waals surface area contributed by atoms with E-state index in [4.69, 9.17) is 40.8 Å². The molecule has 7 heterocycles. The molecule has 4 aromatic rings. The van der Waals surface area contributed by atoms with Crippen molar-refractivity contribution in [3.05, 3.63) is 40.8 Å². The van der Waals surface area contributed by atoms with Gasteiger partial charge in [-0.2, -0.15) is 15.1 Å². The van der Waals surface area contributed by atoms with Gasteiger partial charge in [0.1, 0.15) is 35.6 Å². The number of benzene rings is 1. The number of hydrogen-bond donors (Lipinski definition) is 1. The minimum Gasteiger partial charge on any atom is -0.475 e. The summed E-state index contributed by atoms with van der Waals surface area (Å²) in [6.07, 6.45) is 5.47. The number of aromatic nitrogens is 5. The molecule has 1 saturated carbocycles. The predicted molar refractivity (Wildman–Crippen MR) is 173 cm³/mol. The van der Waals surface area contributed by atoms with Gasteiger partial charge in [0, 0.05) is 35.7 Å². The van der Waals surface area contributed by atoms with Gasteiger partial charge in [-0.05, 0) is 61.6 Å². The zero-order chi connectivity index (χ0) is 31.3. The third-order valence-corrected chi connectivity index (χ3v) is 11.4. The number of nitrogens with one attached hydrogen (secondary N) is 1. The number of anilines is 1. The molecule has 3 saturated heterocycles. The van der Waals surface area contributed by atoms with Crippen molar-refractivity contribution in [3.63, 3.8) is 0 Å². The van der Waals surface area contributed by atoms with Gasteiger partial charge in [-0.3, -0.25) is 10.00 Å². The van der Waals surface area contributed by atoms with Gasteiger partial charge in [0.15, 0.2) is 5.82 Å². The fourth-order valence-electron chi connectivity index (χ4n) is 8.39. The maximum Gasteiger partial charge on any atom is 0.319 e.